The summed E-state index contributed by atoms with van der Waals surface area (Å²) in [4.78, 5) is 14.9. The third-order valence-corrected chi connectivity index (χ3v) is 5.02. The number of amides is 1. The summed E-state index contributed by atoms with van der Waals surface area (Å²) in [6, 6.07) is 7.23. The van der Waals surface area contributed by atoms with Gasteiger partial charge in [-0.3, -0.25) is 4.79 Å². The van der Waals surface area contributed by atoms with Crippen LogP contribution in [0.5, 0.6) is 0 Å². The van der Waals surface area contributed by atoms with Crippen molar-refractivity contribution in [2.45, 2.75) is 64.6 Å². The first-order valence-electron chi connectivity index (χ1n) is 8.17. The Hall–Kier alpha value is -1.06. The Morgan fingerprint density at radius 2 is 1.91 bits per heavy atom. The second-order valence-electron chi connectivity index (χ2n) is 6.89. The quantitative estimate of drug-likeness (QED) is 0.924. The molecule has 2 unspecified atom stereocenters. The van der Waals surface area contributed by atoms with Gasteiger partial charge in [-0.2, -0.15) is 0 Å². The maximum atomic E-state index is 12.8. The lowest BCUT2D eigenvalue weighted by Gasteiger charge is -2.26. The van der Waals surface area contributed by atoms with Crippen molar-refractivity contribution in [2.75, 3.05) is 0 Å². The van der Waals surface area contributed by atoms with Crippen LogP contribution >= 0.6 is 12.4 Å². The summed E-state index contributed by atoms with van der Waals surface area (Å²) >= 11 is 0. The SMILES string of the molecule is Cc1ccc(CN(C(=O)C2CCC(N)C2)C2CC2)cc1C.Cl. The largest absolute Gasteiger partial charge is 0.335 e. The standard InChI is InChI=1S/C18H26N2O.ClH/c1-12-3-4-14(9-13(12)2)11-20(17-7-8-17)18(21)15-5-6-16(19)10-15;/h3-4,9,15-17H,5-8,10-11,19H2,1-2H3;1H. The van der Waals surface area contributed by atoms with E-state index in [1.165, 1.54) is 16.7 Å². The Bertz CT molecular complexity index is 542. The Morgan fingerprint density at radius 3 is 2.45 bits per heavy atom. The molecule has 1 amide bonds. The van der Waals surface area contributed by atoms with E-state index in [0.29, 0.717) is 11.9 Å². The maximum absolute atomic E-state index is 12.8. The molecule has 0 spiro atoms. The zero-order valence-corrected chi connectivity index (χ0v) is 14.4. The molecule has 0 radical (unpaired) electrons. The van der Waals surface area contributed by atoms with Gasteiger partial charge in [0.25, 0.3) is 0 Å². The second-order valence-corrected chi connectivity index (χ2v) is 6.89. The van der Waals surface area contributed by atoms with Gasteiger partial charge in [-0.1, -0.05) is 18.2 Å². The van der Waals surface area contributed by atoms with E-state index in [2.05, 4.69) is 36.9 Å². The van der Waals surface area contributed by atoms with Crippen LogP contribution in [0, 0.1) is 19.8 Å². The van der Waals surface area contributed by atoms with Gasteiger partial charge in [-0.25, -0.2) is 0 Å². The summed E-state index contributed by atoms with van der Waals surface area (Å²) in [5.74, 6) is 0.496. The first-order valence-corrected chi connectivity index (χ1v) is 8.17. The van der Waals surface area contributed by atoms with E-state index in [4.69, 9.17) is 5.73 Å². The van der Waals surface area contributed by atoms with Gasteiger partial charge in [0, 0.05) is 24.5 Å². The zero-order chi connectivity index (χ0) is 15.0. The molecule has 1 aromatic rings. The van der Waals surface area contributed by atoms with Crippen molar-refractivity contribution >= 4 is 18.3 Å². The van der Waals surface area contributed by atoms with Crippen molar-refractivity contribution < 1.29 is 4.79 Å². The van der Waals surface area contributed by atoms with E-state index in [1.54, 1.807) is 0 Å². The summed E-state index contributed by atoms with van der Waals surface area (Å²) in [6.07, 6.45) is 5.16. The molecule has 2 N–H and O–H groups in total. The molecule has 1 aromatic carbocycles. The predicted molar refractivity (Wildman–Crippen MR) is 92.1 cm³/mol. The summed E-state index contributed by atoms with van der Waals surface area (Å²) in [5, 5.41) is 0. The Kier molecular flexibility index (Phi) is 5.51. The van der Waals surface area contributed by atoms with Crippen LogP contribution in [0.25, 0.3) is 0 Å². The normalized spacial score (nSPS) is 24.0. The van der Waals surface area contributed by atoms with Crippen molar-refractivity contribution in [2.24, 2.45) is 11.7 Å². The zero-order valence-electron chi connectivity index (χ0n) is 13.5. The van der Waals surface area contributed by atoms with Crippen LogP contribution in [0.15, 0.2) is 18.2 Å². The van der Waals surface area contributed by atoms with E-state index in [1.807, 2.05) is 0 Å². The van der Waals surface area contributed by atoms with Crippen LogP contribution in [0.4, 0.5) is 0 Å². The molecule has 0 heterocycles. The van der Waals surface area contributed by atoms with Crippen LogP contribution in [-0.4, -0.2) is 22.9 Å². The lowest BCUT2D eigenvalue weighted by atomic mass is 10.0. The minimum absolute atomic E-state index is 0. The average molecular weight is 323 g/mol. The van der Waals surface area contributed by atoms with E-state index in [9.17, 15) is 4.79 Å². The molecule has 4 heteroatoms. The number of nitrogens with two attached hydrogens (primary N) is 1. The second kappa shape index (κ2) is 7.01. The predicted octanol–water partition coefficient (Wildman–Crippen LogP) is 3.34. The molecule has 2 aliphatic rings. The van der Waals surface area contributed by atoms with Crippen molar-refractivity contribution in [1.82, 2.24) is 4.90 Å². The highest BCUT2D eigenvalue weighted by Crippen LogP contribution is 2.33. The lowest BCUT2D eigenvalue weighted by Crippen LogP contribution is -2.37. The molecule has 2 aliphatic carbocycles. The highest BCUT2D eigenvalue weighted by Gasteiger charge is 2.38. The van der Waals surface area contributed by atoms with Crippen molar-refractivity contribution in [1.29, 1.82) is 0 Å². The van der Waals surface area contributed by atoms with Crippen molar-refractivity contribution in [3.63, 3.8) is 0 Å². The van der Waals surface area contributed by atoms with Gasteiger partial charge >= 0.3 is 0 Å². The van der Waals surface area contributed by atoms with E-state index < -0.39 is 0 Å². The number of carbonyl (C=O) groups excluding carboxylic acids is 1. The molecule has 0 aromatic heterocycles. The highest BCUT2D eigenvalue weighted by molar-refractivity contribution is 5.85. The fourth-order valence-electron chi connectivity index (χ4n) is 3.35. The minimum Gasteiger partial charge on any atom is -0.335 e. The number of hydrogen-bond acceptors (Lipinski definition) is 2. The topological polar surface area (TPSA) is 46.3 Å². The molecular weight excluding hydrogens is 296 g/mol. The van der Waals surface area contributed by atoms with E-state index >= 15 is 0 Å². The van der Waals surface area contributed by atoms with Gasteiger partial charge in [-0.05, 0) is 62.6 Å². The molecule has 22 heavy (non-hydrogen) atoms. The van der Waals surface area contributed by atoms with Crippen LogP contribution in [0.2, 0.25) is 0 Å². The molecule has 3 rings (SSSR count). The van der Waals surface area contributed by atoms with Gasteiger partial charge in [0.1, 0.15) is 0 Å². The Morgan fingerprint density at radius 1 is 1.18 bits per heavy atom. The summed E-state index contributed by atoms with van der Waals surface area (Å²) in [6.45, 7) is 5.03. The van der Waals surface area contributed by atoms with Crippen LogP contribution in [0.3, 0.4) is 0 Å². The molecule has 2 atom stereocenters. The van der Waals surface area contributed by atoms with Gasteiger partial charge in [-0.15, -0.1) is 12.4 Å². The number of carbonyl (C=O) groups is 1. The van der Waals surface area contributed by atoms with Crippen LogP contribution < -0.4 is 5.73 Å². The minimum atomic E-state index is 0. The van der Waals surface area contributed by atoms with Gasteiger partial charge in [0.15, 0.2) is 0 Å². The highest BCUT2D eigenvalue weighted by atomic mass is 35.5. The number of aryl methyl sites for hydroxylation is 2. The third kappa shape index (κ3) is 3.82. The first kappa shape index (κ1) is 17.3. The number of nitrogens with zero attached hydrogens (tertiary/aromatic N) is 1. The first-order chi connectivity index (χ1) is 10.0. The lowest BCUT2D eigenvalue weighted by molar-refractivity contribution is -0.136. The smallest absolute Gasteiger partial charge is 0.226 e. The van der Waals surface area contributed by atoms with Crippen LogP contribution in [-0.2, 0) is 11.3 Å². The monoisotopic (exact) mass is 322 g/mol. The molecule has 0 aliphatic heterocycles. The average Bonchev–Trinajstić information content (AvgIpc) is 3.20. The molecule has 2 fully saturated rings. The van der Waals surface area contributed by atoms with Crippen LogP contribution in [0.1, 0.15) is 48.8 Å². The molecule has 0 bridgehead atoms. The number of halogens is 1. The number of rotatable bonds is 4. The van der Waals surface area contributed by atoms with E-state index in [0.717, 1.165) is 38.6 Å². The number of hydrogen-bond donors (Lipinski definition) is 1. The fourth-order valence-corrected chi connectivity index (χ4v) is 3.35. The van der Waals surface area contributed by atoms with Gasteiger partial charge in [0.05, 0.1) is 0 Å². The molecular formula is C18H27ClN2O. The van der Waals surface area contributed by atoms with Crippen molar-refractivity contribution in [3.05, 3.63) is 34.9 Å². The van der Waals surface area contributed by atoms with Crippen molar-refractivity contribution in [3.8, 4) is 0 Å². The number of benzene rings is 1. The summed E-state index contributed by atoms with van der Waals surface area (Å²) < 4.78 is 0. The summed E-state index contributed by atoms with van der Waals surface area (Å²) in [7, 11) is 0. The Balaban J connectivity index is 0.00000176. The molecule has 0 saturated heterocycles. The fraction of sp³-hybridized carbons (Fsp3) is 0.611. The molecule has 122 valence electrons. The van der Waals surface area contributed by atoms with E-state index in [-0.39, 0.29) is 24.4 Å². The Labute approximate surface area is 139 Å². The summed E-state index contributed by atoms with van der Waals surface area (Å²) in [5.41, 5.74) is 9.84. The molecule has 3 nitrogen and oxygen atoms in total. The van der Waals surface area contributed by atoms with Gasteiger partial charge < -0.3 is 10.6 Å². The maximum Gasteiger partial charge on any atom is 0.226 e. The molecule has 2 saturated carbocycles. The van der Waals surface area contributed by atoms with Gasteiger partial charge in [0.2, 0.25) is 5.91 Å². The third-order valence-electron chi connectivity index (χ3n) is 5.02.